The molecule has 5 aliphatic rings. The van der Waals surface area contributed by atoms with Crippen molar-refractivity contribution in [3.05, 3.63) is 23.3 Å². The molecule has 4 fully saturated rings. The van der Waals surface area contributed by atoms with Crippen LogP contribution in [-0.4, -0.2) is 81.4 Å². The van der Waals surface area contributed by atoms with Gasteiger partial charge in [0.15, 0.2) is 6.29 Å². The molecule has 1 aliphatic heterocycles. The van der Waals surface area contributed by atoms with Crippen LogP contribution in [0.25, 0.3) is 0 Å². The minimum atomic E-state index is -2.74. The summed E-state index contributed by atoms with van der Waals surface area (Å²) in [5.41, 5.74) is 1.36. The van der Waals surface area contributed by atoms with Crippen LogP contribution in [0.4, 0.5) is 0 Å². The third kappa shape index (κ3) is 7.74. The second kappa shape index (κ2) is 15.1. The van der Waals surface area contributed by atoms with Crippen LogP contribution in [0.2, 0.25) is 0 Å². The summed E-state index contributed by atoms with van der Waals surface area (Å²) in [7, 11) is 0. The Labute approximate surface area is 288 Å². The highest BCUT2D eigenvalue weighted by Crippen LogP contribution is 2.67. The summed E-state index contributed by atoms with van der Waals surface area (Å²) in [6, 6.07) is 0. The highest BCUT2D eigenvalue weighted by Gasteiger charge is 2.62. The van der Waals surface area contributed by atoms with E-state index in [4.69, 9.17) is 23.8 Å². The molecule has 5 rings (SSSR count). The Hall–Kier alpha value is -0.660. The molecule has 0 amide bonds. The Morgan fingerprint density at radius 1 is 1.04 bits per heavy atom. The number of allylic oxidation sites excluding steroid dienone is 4. The van der Waals surface area contributed by atoms with Gasteiger partial charge >= 0.3 is 22.7 Å². The molecule has 0 bridgehead atoms. The van der Waals surface area contributed by atoms with E-state index in [0.717, 1.165) is 32.1 Å². The monoisotopic (exact) mass is 722 g/mol. The van der Waals surface area contributed by atoms with Crippen molar-refractivity contribution in [2.75, 3.05) is 0 Å². The largest absolute Gasteiger partial charge is 0.390 e. The van der Waals surface area contributed by atoms with Crippen LogP contribution in [0.3, 0.4) is 0 Å². The van der Waals surface area contributed by atoms with Gasteiger partial charge < -0.3 is 24.8 Å². The van der Waals surface area contributed by atoms with Gasteiger partial charge in [0.2, 0.25) is 0 Å². The van der Waals surface area contributed by atoms with Crippen molar-refractivity contribution in [2.24, 2.45) is 34.5 Å². The minimum absolute atomic E-state index is 0.121. The fourth-order valence-electron chi connectivity index (χ4n) is 10.2. The fourth-order valence-corrected chi connectivity index (χ4v) is 10.5. The molecule has 0 radical (unpaired) electrons. The molecule has 3 saturated carbocycles. The van der Waals surface area contributed by atoms with E-state index in [2.05, 4.69) is 48.5 Å². The second-order valence-electron chi connectivity index (χ2n) is 15.6. The molecule has 1 heterocycles. The van der Waals surface area contributed by atoms with Gasteiger partial charge in [-0.1, -0.05) is 37.1 Å². The van der Waals surface area contributed by atoms with Crippen molar-refractivity contribution >= 4 is 22.7 Å². The zero-order chi connectivity index (χ0) is 35.2. The number of fused-ring (bicyclic) bond motifs is 5. The summed E-state index contributed by atoms with van der Waals surface area (Å²) in [5, 5.41) is 33.9. The number of hydrogen-bond acceptors (Lipinski definition) is 11. The standard InChI is InChI=1S/C33H54O13S2/c1-18(2)8-7-13-33(6,36)26-10-9-22-21-17-25(42-30-28(35)27(34)29(19(3)41-30)44-46-48(39)40)24-16-20(43-45-47(37)38)11-14-31(24,4)23(21)12-15-32(22,26)5/h8,12,19-22,24-30,34-36H,7,9-11,13-17H2,1-6H3,(H,37,38)(H,39,40). The van der Waals surface area contributed by atoms with Crippen LogP contribution < -0.4 is 0 Å². The lowest BCUT2D eigenvalue weighted by atomic mass is 9.47. The van der Waals surface area contributed by atoms with Crippen molar-refractivity contribution in [3.8, 4) is 0 Å². The topological polar surface area (TPSA) is 191 Å². The van der Waals surface area contributed by atoms with E-state index >= 15 is 0 Å². The van der Waals surface area contributed by atoms with Gasteiger partial charge in [-0.25, -0.2) is 9.78 Å². The van der Waals surface area contributed by atoms with Gasteiger partial charge in [0, 0.05) is 0 Å². The minimum Gasteiger partial charge on any atom is -0.390 e. The van der Waals surface area contributed by atoms with E-state index in [1.165, 1.54) is 11.1 Å². The zero-order valence-corrected chi connectivity index (χ0v) is 30.3. The normalized spacial score (nSPS) is 45.1. The van der Waals surface area contributed by atoms with Gasteiger partial charge in [0.05, 0.1) is 23.9 Å². The summed E-state index contributed by atoms with van der Waals surface area (Å²) in [6.07, 6.45) is 3.93. The zero-order valence-electron chi connectivity index (χ0n) is 28.7. The van der Waals surface area contributed by atoms with Crippen LogP contribution in [0.5, 0.6) is 0 Å². The SMILES string of the molecule is CC(C)=CCCC(C)(O)C1CCC2C3CC(OC4OC(C)C(OOS(=O)O)C(O)C4O)C4CC(OOS(=O)O)CCC4(C)C3=CCC21C. The molecule has 13 nitrogen and oxygen atoms in total. The Bertz CT molecular complexity index is 1260. The maximum atomic E-state index is 11.9. The first-order valence-corrected chi connectivity index (χ1v) is 19.2. The third-order valence-electron chi connectivity index (χ3n) is 12.5. The van der Waals surface area contributed by atoms with Crippen LogP contribution in [0.15, 0.2) is 23.3 Å². The molecule has 1 saturated heterocycles. The van der Waals surface area contributed by atoms with Crippen LogP contribution >= 0.6 is 0 Å². The molecule has 0 spiro atoms. The fraction of sp³-hybridized carbons (Fsp3) is 0.879. The number of hydrogen-bond donors (Lipinski definition) is 5. The molecule has 5 N–H and O–H groups in total. The predicted molar refractivity (Wildman–Crippen MR) is 175 cm³/mol. The van der Waals surface area contributed by atoms with Gasteiger partial charge in [-0.15, -0.1) is 8.67 Å². The summed E-state index contributed by atoms with van der Waals surface area (Å²) >= 11 is -5.32. The smallest absolute Gasteiger partial charge is 0.331 e. The third-order valence-corrected chi connectivity index (χ3v) is 12.8. The van der Waals surface area contributed by atoms with Crippen molar-refractivity contribution in [2.45, 2.75) is 148 Å². The van der Waals surface area contributed by atoms with Gasteiger partial charge in [-0.05, 0) is 120 Å². The molecular formula is C33H54O13S2. The first-order chi connectivity index (χ1) is 22.5. The van der Waals surface area contributed by atoms with Gasteiger partial charge in [-0.2, -0.15) is 8.42 Å². The molecule has 0 aromatic carbocycles. The predicted octanol–water partition coefficient (Wildman–Crippen LogP) is 4.43. The summed E-state index contributed by atoms with van der Waals surface area (Å²) in [5.74, 6) is 0.433. The lowest BCUT2D eigenvalue weighted by Crippen LogP contribution is -2.61. The summed E-state index contributed by atoms with van der Waals surface area (Å²) in [6.45, 7) is 12.3. The molecule has 16 unspecified atom stereocenters. The summed E-state index contributed by atoms with van der Waals surface area (Å²) in [4.78, 5) is 10.3. The van der Waals surface area contributed by atoms with Crippen LogP contribution in [0, 0.1) is 34.5 Å². The van der Waals surface area contributed by atoms with E-state index in [1.807, 2.05) is 6.92 Å². The van der Waals surface area contributed by atoms with E-state index in [9.17, 15) is 28.3 Å². The van der Waals surface area contributed by atoms with E-state index in [0.29, 0.717) is 31.6 Å². The van der Waals surface area contributed by atoms with Crippen molar-refractivity contribution in [1.29, 1.82) is 0 Å². The van der Waals surface area contributed by atoms with Crippen LogP contribution in [-0.2, 0) is 50.6 Å². The average Bonchev–Trinajstić information content (AvgIpc) is 3.36. The lowest BCUT2D eigenvalue weighted by molar-refractivity contribution is -0.364. The van der Waals surface area contributed by atoms with Crippen molar-refractivity contribution < 1.29 is 60.8 Å². The highest BCUT2D eigenvalue weighted by molar-refractivity contribution is 7.74. The molecule has 15 heteroatoms. The Morgan fingerprint density at radius 3 is 2.40 bits per heavy atom. The maximum absolute atomic E-state index is 11.9. The van der Waals surface area contributed by atoms with Gasteiger partial charge in [0.25, 0.3) is 0 Å². The summed E-state index contributed by atoms with van der Waals surface area (Å²) < 4.78 is 61.9. The molecule has 0 aromatic rings. The van der Waals surface area contributed by atoms with Crippen molar-refractivity contribution in [3.63, 3.8) is 0 Å². The first kappa shape index (κ1) is 38.6. The number of aliphatic hydroxyl groups is 3. The van der Waals surface area contributed by atoms with E-state index in [1.54, 1.807) is 6.92 Å². The Balaban J connectivity index is 1.42. The molecule has 4 aliphatic carbocycles. The average molecular weight is 723 g/mol. The second-order valence-corrected chi connectivity index (χ2v) is 16.8. The first-order valence-electron chi connectivity index (χ1n) is 17.1. The lowest BCUT2D eigenvalue weighted by Gasteiger charge is -2.60. The molecule has 16 atom stereocenters. The molecule has 276 valence electrons. The Morgan fingerprint density at radius 2 is 1.73 bits per heavy atom. The van der Waals surface area contributed by atoms with Gasteiger partial charge in [0.1, 0.15) is 18.3 Å². The van der Waals surface area contributed by atoms with Crippen LogP contribution in [0.1, 0.15) is 99.3 Å². The molecular weight excluding hydrogens is 668 g/mol. The quantitative estimate of drug-likeness (QED) is 0.0824. The number of aliphatic hydroxyl groups excluding tert-OH is 2. The van der Waals surface area contributed by atoms with E-state index in [-0.39, 0.29) is 28.6 Å². The number of rotatable bonds is 12. The maximum Gasteiger partial charge on any atom is 0.331 e. The Kier molecular flexibility index (Phi) is 12.2. The van der Waals surface area contributed by atoms with Gasteiger partial charge in [-0.3, -0.25) is 9.11 Å². The number of ether oxygens (including phenoxy) is 2. The molecule has 48 heavy (non-hydrogen) atoms. The highest BCUT2D eigenvalue weighted by atomic mass is 32.2. The molecule has 0 aromatic heterocycles. The van der Waals surface area contributed by atoms with Crippen molar-refractivity contribution in [1.82, 2.24) is 0 Å². The van der Waals surface area contributed by atoms with E-state index < -0.39 is 71.2 Å².